The van der Waals surface area contributed by atoms with Crippen LogP contribution in [0.5, 0.6) is 0 Å². The number of urea groups is 1. The van der Waals surface area contributed by atoms with Crippen LogP contribution in [0.2, 0.25) is 0 Å². The lowest BCUT2D eigenvalue weighted by Crippen LogP contribution is -2.46. The molecule has 0 bridgehead atoms. The van der Waals surface area contributed by atoms with Crippen molar-refractivity contribution in [2.75, 3.05) is 25.0 Å². The Morgan fingerprint density at radius 2 is 2.06 bits per heavy atom. The van der Waals surface area contributed by atoms with Crippen molar-refractivity contribution in [2.45, 2.75) is 58.4 Å². The molecular weight excluding hydrogens is 401 g/mol. The van der Waals surface area contributed by atoms with E-state index in [2.05, 4.69) is 17.6 Å². The van der Waals surface area contributed by atoms with Crippen LogP contribution in [0.1, 0.15) is 63.2 Å². The van der Waals surface area contributed by atoms with Gasteiger partial charge in [-0.05, 0) is 70.1 Å². The van der Waals surface area contributed by atoms with Gasteiger partial charge in [-0.3, -0.25) is 9.59 Å². The number of nitrogens with zero attached hydrogens (tertiary/aromatic N) is 1. The highest BCUT2D eigenvalue weighted by Gasteiger charge is 2.34. The van der Waals surface area contributed by atoms with Crippen LogP contribution in [0.25, 0.3) is 0 Å². The fourth-order valence-corrected chi connectivity index (χ4v) is 4.63. The summed E-state index contributed by atoms with van der Waals surface area (Å²) in [5.41, 5.74) is -0.0872. The van der Waals surface area contributed by atoms with Gasteiger partial charge in [0.25, 0.3) is 5.91 Å². The molecule has 0 aromatic heterocycles. The van der Waals surface area contributed by atoms with E-state index < -0.39 is 11.8 Å². The number of carbonyl (C=O) groups excluding carboxylic acids is 3. The van der Waals surface area contributed by atoms with Gasteiger partial charge in [-0.1, -0.05) is 6.92 Å². The fraction of sp³-hybridized carbons (Fsp3) is 0.609. The molecule has 1 aliphatic heterocycles. The van der Waals surface area contributed by atoms with Gasteiger partial charge in [0.1, 0.15) is 5.82 Å². The number of nitrogens with one attached hydrogen (secondary N) is 2. The lowest BCUT2D eigenvalue weighted by molar-refractivity contribution is -0.149. The van der Waals surface area contributed by atoms with Gasteiger partial charge in [-0.15, -0.1) is 0 Å². The number of amides is 3. The smallest absolute Gasteiger partial charge is 0.319 e. The fourth-order valence-electron chi connectivity index (χ4n) is 4.63. The number of piperidine rings is 1. The first-order chi connectivity index (χ1) is 14.7. The van der Waals surface area contributed by atoms with Crippen molar-refractivity contribution in [3.8, 4) is 0 Å². The van der Waals surface area contributed by atoms with Crippen LogP contribution in [-0.2, 0) is 9.53 Å². The molecule has 3 amide bonds. The van der Waals surface area contributed by atoms with Crippen LogP contribution in [0.4, 0.5) is 14.9 Å². The maximum Gasteiger partial charge on any atom is 0.319 e. The summed E-state index contributed by atoms with van der Waals surface area (Å²) in [5.74, 6) is -1.12. The molecule has 170 valence electrons. The molecule has 1 aromatic carbocycles. The monoisotopic (exact) mass is 433 g/mol. The van der Waals surface area contributed by atoms with Crippen molar-refractivity contribution in [2.24, 2.45) is 11.8 Å². The number of hydrogen-bond donors (Lipinski definition) is 2. The van der Waals surface area contributed by atoms with Gasteiger partial charge in [0.15, 0.2) is 0 Å². The first-order valence-corrected chi connectivity index (χ1v) is 11.1. The maximum absolute atomic E-state index is 14.6. The van der Waals surface area contributed by atoms with Crippen LogP contribution < -0.4 is 10.6 Å². The minimum absolute atomic E-state index is 0.0201. The Kier molecular flexibility index (Phi) is 7.18. The third-order valence-electron chi connectivity index (χ3n) is 6.20. The molecule has 2 fully saturated rings. The first-order valence-electron chi connectivity index (χ1n) is 11.1. The topological polar surface area (TPSA) is 87.7 Å². The molecule has 1 heterocycles. The number of esters is 1. The minimum Gasteiger partial charge on any atom is -0.466 e. The van der Waals surface area contributed by atoms with E-state index in [-0.39, 0.29) is 41.1 Å². The summed E-state index contributed by atoms with van der Waals surface area (Å²) in [4.78, 5) is 38.7. The van der Waals surface area contributed by atoms with Crippen LogP contribution in [0, 0.1) is 17.7 Å². The molecule has 1 aromatic rings. The summed E-state index contributed by atoms with van der Waals surface area (Å²) in [6.45, 7) is 6.97. The molecule has 3 rings (SSSR count). The lowest BCUT2D eigenvalue weighted by atomic mass is 9.97. The predicted octanol–water partition coefficient (Wildman–Crippen LogP) is 3.94. The number of ether oxygens (including phenoxy) is 1. The van der Waals surface area contributed by atoms with Crippen molar-refractivity contribution < 1.29 is 23.5 Å². The largest absolute Gasteiger partial charge is 0.466 e. The number of benzene rings is 1. The highest BCUT2D eigenvalue weighted by molar-refractivity contribution is 5.96. The summed E-state index contributed by atoms with van der Waals surface area (Å²) in [6, 6.07) is 3.57. The average molecular weight is 434 g/mol. The quantitative estimate of drug-likeness (QED) is 0.689. The molecule has 1 saturated heterocycles. The summed E-state index contributed by atoms with van der Waals surface area (Å²) in [5, 5.41) is 5.49. The Labute approximate surface area is 182 Å². The highest BCUT2D eigenvalue weighted by Crippen LogP contribution is 2.33. The average Bonchev–Trinajstić information content (AvgIpc) is 3.07. The summed E-state index contributed by atoms with van der Waals surface area (Å²) < 4.78 is 19.7. The van der Waals surface area contributed by atoms with E-state index in [1.807, 2.05) is 6.92 Å². The van der Waals surface area contributed by atoms with Gasteiger partial charge in [-0.2, -0.15) is 0 Å². The number of likely N-dealkylation sites (tertiary alicyclic amines) is 1. The summed E-state index contributed by atoms with van der Waals surface area (Å²) in [6.07, 6.45) is 4.19. The van der Waals surface area contributed by atoms with E-state index in [0.29, 0.717) is 31.9 Å². The van der Waals surface area contributed by atoms with Crippen LogP contribution in [0.3, 0.4) is 0 Å². The molecule has 0 spiro atoms. The number of anilines is 1. The second-order valence-electron chi connectivity index (χ2n) is 9.02. The highest BCUT2D eigenvalue weighted by atomic mass is 19.1. The van der Waals surface area contributed by atoms with Crippen LogP contribution in [-0.4, -0.2) is 48.0 Å². The number of rotatable bonds is 5. The third-order valence-corrected chi connectivity index (χ3v) is 6.20. The van der Waals surface area contributed by atoms with Crippen LogP contribution in [0.15, 0.2) is 18.2 Å². The summed E-state index contributed by atoms with van der Waals surface area (Å²) >= 11 is 0. The molecule has 7 nitrogen and oxygen atoms in total. The van der Waals surface area contributed by atoms with E-state index in [1.165, 1.54) is 12.1 Å². The van der Waals surface area contributed by atoms with Gasteiger partial charge >= 0.3 is 12.0 Å². The van der Waals surface area contributed by atoms with Gasteiger partial charge in [-0.25, -0.2) is 9.18 Å². The Bertz CT molecular complexity index is 846. The van der Waals surface area contributed by atoms with E-state index in [1.54, 1.807) is 11.8 Å². The van der Waals surface area contributed by atoms with Crippen molar-refractivity contribution in [3.63, 3.8) is 0 Å². The Morgan fingerprint density at radius 3 is 2.71 bits per heavy atom. The maximum atomic E-state index is 14.6. The molecule has 0 radical (unpaired) electrons. The van der Waals surface area contributed by atoms with Gasteiger partial charge in [0, 0.05) is 24.2 Å². The Morgan fingerprint density at radius 1 is 1.29 bits per heavy atom. The van der Waals surface area contributed by atoms with E-state index in [0.717, 1.165) is 25.3 Å². The first kappa shape index (κ1) is 23.0. The summed E-state index contributed by atoms with van der Waals surface area (Å²) in [7, 11) is 0. The lowest BCUT2D eigenvalue weighted by Gasteiger charge is -2.31. The third kappa shape index (κ3) is 5.74. The normalized spacial score (nSPS) is 25.7. The molecule has 3 unspecified atom stereocenters. The van der Waals surface area contributed by atoms with Gasteiger partial charge in [0.05, 0.1) is 18.2 Å². The standard InChI is InChI=1S/C23H32FN3O4/c1-4-31-21(29)17-6-5-11-27(14-17)20(28)16-7-8-19(18(24)12-16)25-22(30)26-23(3)10-9-15(2)13-23/h7-8,12,15,17H,4-6,9-11,13-14H2,1-3H3,(H2,25,26,30). The second-order valence-corrected chi connectivity index (χ2v) is 9.02. The van der Waals surface area contributed by atoms with E-state index in [4.69, 9.17) is 4.74 Å². The molecule has 1 aliphatic carbocycles. The Balaban J connectivity index is 1.61. The molecule has 2 N–H and O–H groups in total. The molecule has 31 heavy (non-hydrogen) atoms. The van der Waals surface area contributed by atoms with Crippen molar-refractivity contribution in [1.82, 2.24) is 10.2 Å². The zero-order valence-electron chi connectivity index (χ0n) is 18.5. The minimum atomic E-state index is -0.676. The van der Waals surface area contributed by atoms with E-state index >= 15 is 0 Å². The SMILES string of the molecule is CCOC(=O)C1CCCN(C(=O)c2ccc(NC(=O)NC3(C)CCC(C)C3)c(F)c2)C1. The number of hydrogen-bond acceptors (Lipinski definition) is 4. The van der Waals surface area contributed by atoms with Crippen molar-refractivity contribution in [3.05, 3.63) is 29.6 Å². The zero-order chi connectivity index (χ0) is 22.6. The Hall–Kier alpha value is -2.64. The van der Waals surface area contributed by atoms with Crippen LogP contribution >= 0.6 is 0 Å². The van der Waals surface area contributed by atoms with Crippen molar-refractivity contribution >= 4 is 23.6 Å². The number of carbonyl (C=O) groups is 3. The van der Waals surface area contributed by atoms with Gasteiger partial charge in [0.2, 0.25) is 0 Å². The van der Waals surface area contributed by atoms with Crippen molar-refractivity contribution in [1.29, 1.82) is 0 Å². The molecule has 8 heteroatoms. The molecule has 2 aliphatic rings. The number of halogens is 1. The molecular formula is C23H32FN3O4. The predicted molar refractivity (Wildman–Crippen MR) is 115 cm³/mol. The zero-order valence-corrected chi connectivity index (χ0v) is 18.5. The second kappa shape index (κ2) is 9.66. The van der Waals surface area contributed by atoms with Gasteiger partial charge < -0.3 is 20.3 Å². The molecule has 3 atom stereocenters. The molecule has 1 saturated carbocycles. The van der Waals surface area contributed by atoms with E-state index in [9.17, 15) is 18.8 Å².